The predicted molar refractivity (Wildman–Crippen MR) is 108 cm³/mol. The minimum absolute atomic E-state index is 0.0180. The Labute approximate surface area is 161 Å². The van der Waals surface area contributed by atoms with Crippen LogP contribution in [0.3, 0.4) is 0 Å². The summed E-state index contributed by atoms with van der Waals surface area (Å²) in [4.78, 5) is 26.4. The fourth-order valence-corrected chi connectivity index (χ4v) is 3.01. The van der Waals surface area contributed by atoms with Crippen molar-refractivity contribution in [2.75, 3.05) is 18.9 Å². The maximum Gasteiger partial charge on any atom is 0.254 e. The minimum Gasteiger partial charge on any atom is -0.491 e. The molecule has 2 rings (SSSR count). The maximum absolute atomic E-state index is 12.5. The van der Waals surface area contributed by atoms with E-state index in [9.17, 15) is 9.59 Å². The van der Waals surface area contributed by atoms with Crippen LogP contribution in [-0.2, 0) is 4.79 Å². The van der Waals surface area contributed by atoms with Crippen LogP contribution in [0.5, 0.6) is 5.75 Å². The molecule has 0 heterocycles. The second kappa shape index (κ2) is 8.71. The Balaban J connectivity index is 2.00. The molecular weight excluding hydrogens is 340 g/mol. The molecule has 0 aromatic heterocycles. The van der Waals surface area contributed by atoms with E-state index in [-0.39, 0.29) is 24.5 Å². The highest BCUT2D eigenvalue weighted by molar-refractivity contribution is 5.99. The first kappa shape index (κ1) is 20.5. The van der Waals surface area contributed by atoms with Gasteiger partial charge in [-0.1, -0.05) is 17.7 Å². The van der Waals surface area contributed by atoms with Crippen LogP contribution in [0.2, 0.25) is 0 Å². The number of hydrogen-bond acceptors (Lipinski definition) is 3. The Morgan fingerprint density at radius 2 is 1.59 bits per heavy atom. The zero-order chi connectivity index (χ0) is 20.1. The lowest BCUT2D eigenvalue weighted by molar-refractivity contribution is -0.116. The predicted octanol–water partition coefficient (Wildman–Crippen LogP) is 4.11. The molecule has 0 atom stereocenters. The van der Waals surface area contributed by atoms with Crippen molar-refractivity contribution in [3.63, 3.8) is 0 Å². The van der Waals surface area contributed by atoms with Gasteiger partial charge in [0.1, 0.15) is 5.75 Å². The summed E-state index contributed by atoms with van der Waals surface area (Å²) in [5, 5.41) is 2.92. The first-order valence-electron chi connectivity index (χ1n) is 9.07. The molecule has 0 radical (unpaired) electrons. The van der Waals surface area contributed by atoms with Gasteiger partial charge in [-0.2, -0.15) is 0 Å². The summed E-state index contributed by atoms with van der Waals surface area (Å²) in [7, 11) is 1.62. The summed E-state index contributed by atoms with van der Waals surface area (Å²) in [6.45, 7) is 9.83. The summed E-state index contributed by atoms with van der Waals surface area (Å²) >= 11 is 0. The first-order chi connectivity index (χ1) is 12.7. The third-order valence-electron chi connectivity index (χ3n) is 4.14. The van der Waals surface area contributed by atoms with E-state index in [2.05, 4.69) is 5.32 Å². The SMILES string of the molecule is Cc1cc(C)c(NC(=O)CN(C)C(=O)c2ccc(OC(C)C)cc2)c(C)c1. The number of nitrogens with one attached hydrogen (secondary N) is 1. The number of rotatable bonds is 6. The molecule has 0 saturated heterocycles. The van der Waals surface area contributed by atoms with Gasteiger partial charge in [-0.25, -0.2) is 0 Å². The van der Waals surface area contributed by atoms with Crippen LogP contribution in [0.15, 0.2) is 36.4 Å². The van der Waals surface area contributed by atoms with Gasteiger partial charge in [-0.3, -0.25) is 9.59 Å². The number of nitrogens with zero attached hydrogens (tertiary/aromatic N) is 1. The summed E-state index contributed by atoms with van der Waals surface area (Å²) in [6.07, 6.45) is 0.0756. The van der Waals surface area contributed by atoms with E-state index < -0.39 is 0 Å². The fourth-order valence-electron chi connectivity index (χ4n) is 3.01. The average molecular weight is 368 g/mol. The van der Waals surface area contributed by atoms with Crippen LogP contribution < -0.4 is 10.1 Å². The topological polar surface area (TPSA) is 58.6 Å². The number of ether oxygens (including phenoxy) is 1. The molecule has 144 valence electrons. The lowest BCUT2D eigenvalue weighted by Gasteiger charge is -2.19. The van der Waals surface area contributed by atoms with Gasteiger partial charge in [0, 0.05) is 18.3 Å². The zero-order valence-corrected chi connectivity index (χ0v) is 16.9. The van der Waals surface area contributed by atoms with Gasteiger partial charge < -0.3 is 15.0 Å². The number of carbonyl (C=O) groups excluding carboxylic acids is 2. The Morgan fingerprint density at radius 3 is 2.11 bits per heavy atom. The molecule has 0 bridgehead atoms. The van der Waals surface area contributed by atoms with Gasteiger partial charge in [0.15, 0.2) is 0 Å². The van der Waals surface area contributed by atoms with Gasteiger partial charge in [0.2, 0.25) is 5.91 Å². The number of aryl methyl sites for hydroxylation is 3. The molecule has 0 aliphatic carbocycles. The Kier molecular flexibility index (Phi) is 6.61. The molecular formula is C22H28N2O3. The molecule has 0 unspecified atom stereocenters. The Morgan fingerprint density at radius 1 is 1.04 bits per heavy atom. The number of carbonyl (C=O) groups is 2. The molecule has 0 fully saturated rings. The van der Waals surface area contributed by atoms with E-state index in [1.165, 1.54) is 4.90 Å². The van der Waals surface area contributed by atoms with E-state index >= 15 is 0 Å². The number of likely N-dealkylation sites (N-methyl/N-ethyl adjacent to an activating group) is 1. The number of anilines is 1. The van der Waals surface area contributed by atoms with Crippen molar-refractivity contribution in [1.82, 2.24) is 4.90 Å². The molecule has 0 spiro atoms. The van der Waals surface area contributed by atoms with Crippen molar-refractivity contribution in [2.45, 2.75) is 40.7 Å². The van der Waals surface area contributed by atoms with Crippen LogP contribution in [-0.4, -0.2) is 36.4 Å². The summed E-state index contributed by atoms with van der Waals surface area (Å²) < 4.78 is 5.58. The Bertz CT molecular complexity index is 803. The van der Waals surface area contributed by atoms with Crippen molar-refractivity contribution >= 4 is 17.5 Å². The maximum atomic E-state index is 12.5. The fraction of sp³-hybridized carbons (Fsp3) is 0.364. The number of hydrogen-bond donors (Lipinski definition) is 1. The first-order valence-corrected chi connectivity index (χ1v) is 9.07. The lowest BCUT2D eigenvalue weighted by atomic mass is 10.1. The van der Waals surface area contributed by atoms with Gasteiger partial charge in [0.25, 0.3) is 5.91 Å². The summed E-state index contributed by atoms with van der Waals surface area (Å²) in [5.74, 6) is 0.284. The molecule has 2 amide bonds. The van der Waals surface area contributed by atoms with E-state index in [0.717, 1.165) is 22.4 Å². The third kappa shape index (κ3) is 5.58. The molecule has 2 aromatic rings. The third-order valence-corrected chi connectivity index (χ3v) is 4.14. The van der Waals surface area contributed by atoms with Crippen LogP contribution in [0, 0.1) is 20.8 Å². The van der Waals surface area contributed by atoms with Crippen molar-refractivity contribution in [3.05, 3.63) is 58.7 Å². The van der Waals surface area contributed by atoms with E-state index in [0.29, 0.717) is 11.3 Å². The molecule has 27 heavy (non-hydrogen) atoms. The van der Waals surface area contributed by atoms with E-state index in [4.69, 9.17) is 4.74 Å². The van der Waals surface area contributed by atoms with Gasteiger partial charge in [-0.15, -0.1) is 0 Å². The van der Waals surface area contributed by atoms with Crippen LogP contribution in [0.1, 0.15) is 40.9 Å². The van der Waals surface area contributed by atoms with Crippen LogP contribution >= 0.6 is 0 Å². The molecule has 5 heteroatoms. The average Bonchev–Trinajstić information content (AvgIpc) is 2.57. The summed E-state index contributed by atoms with van der Waals surface area (Å²) in [5.41, 5.74) is 4.50. The molecule has 0 aliphatic heterocycles. The highest BCUT2D eigenvalue weighted by Gasteiger charge is 2.16. The van der Waals surface area contributed by atoms with Gasteiger partial charge in [0.05, 0.1) is 12.6 Å². The molecule has 0 aliphatic rings. The highest BCUT2D eigenvalue weighted by atomic mass is 16.5. The van der Waals surface area contributed by atoms with Crippen LogP contribution in [0.4, 0.5) is 5.69 Å². The second-order valence-electron chi connectivity index (χ2n) is 7.17. The minimum atomic E-state index is -0.222. The van der Waals surface area contributed by atoms with Gasteiger partial charge in [-0.05, 0) is 70.0 Å². The quantitative estimate of drug-likeness (QED) is 0.835. The highest BCUT2D eigenvalue weighted by Crippen LogP contribution is 2.22. The second-order valence-corrected chi connectivity index (χ2v) is 7.17. The Hall–Kier alpha value is -2.82. The number of benzene rings is 2. The van der Waals surface area contributed by atoms with Crippen molar-refractivity contribution in [2.24, 2.45) is 0 Å². The molecule has 2 aromatic carbocycles. The normalized spacial score (nSPS) is 10.6. The van der Waals surface area contributed by atoms with Crippen molar-refractivity contribution in [3.8, 4) is 5.75 Å². The largest absolute Gasteiger partial charge is 0.491 e. The lowest BCUT2D eigenvalue weighted by Crippen LogP contribution is -2.35. The van der Waals surface area contributed by atoms with E-state index in [1.807, 2.05) is 46.8 Å². The number of amides is 2. The summed E-state index contributed by atoms with van der Waals surface area (Å²) in [6, 6.07) is 11.0. The monoisotopic (exact) mass is 368 g/mol. The standard InChI is InChI=1S/C22H28N2O3/c1-14(2)27-19-9-7-18(8-10-19)22(26)24(6)13-20(25)23-21-16(4)11-15(3)12-17(21)5/h7-12,14H,13H2,1-6H3,(H,23,25). The van der Waals surface area contributed by atoms with Crippen LogP contribution in [0.25, 0.3) is 0 Å². The van der Waals surface area contributed by atoms with Gasteiger partial charge >= 0.3 is 0 Å². The van der Waals surface area contributed by atoms with Crippen molar-refractivity contribution in [1.29, 1.82) is 0 Å². The zero-order valence-electron chi connectivity index (χ0n) is 16.9. The van der Waals surface area contributed by atoms with E-state index in [1.54, 1.807) is 31.3 Å². The van der Waals surface area contributed by atoms with Crippen molar-refractivity contribution < 1.29 is 14.3 Å². The molecule has 5 nitrogen and oxygen atoms in total. The smallest absolute Gasteiger partial charge is 0.254 e. The molecule has 1 N–H and O–H groups in total. The molecule has 0 saturated carbocycles.